The molecule has 0 spiro atoms. The second-order valence-corrected chi connectivity index (χ2v) is 5.34. The zero-order valence-electron chi connectivity index (χ0n) is 5.84. The van der Waals surface area contributed by atoms with E-state index < -0.39 is 0 Å². The van der Waals surface area contributed by atoms with E-state index in [4.69, 9.17) is 11.6 Å². The quantitative estimate of drug-likeness (QED) is 0.669. The maximum Gasteiger partial charge on any atom is 0.0768 e. The van der Waals surface area contributed by atoms with Crippen LogP contribution in [0.4, 0.5) is 0 Å². The van der Waals surface area contributed by atoms with Crippen molar-refractivity contribution in [1.82, 2.24) is 0 Å². The lowest BCUT2D eigenvalue weighted by Crippen LogP contribution is -1.64. The van der Waals surface area contributed by atoms with Crippen molar-refractivity contribution in [2.75, 3.05) is 0 Å². The van der Waals surface area contributed by atoms with Gasteiger partial charge in [-0.3, -0.25) is 0 Å². The molecule has 0 saturated carbocycles. The Bertz CT molecular complexity index is 436. The van der Waals surface area contributed by atoms with E-state index in [2.05, 4.69) is 28.6 Å². The third-order valence-corrected chi connectivity index (χ3v) is 4.69. The second kappa shape index (κ2) is 3.22. The Morgan fingerprint density at radius 2 is 2.17 bits per heavy atom. The van der Waals surface area contributed by atoms with Gasteiger partial charge in [0.2, 0.25) is 0 Å². The number of halogens is 2. The molecule has 0 aliphatic heterocycles. The highest BCUT2D eigenvalue weighted by molar-refractivity contribution is 9.10. The van der Waals surface area contributed by atoms with Gasteiger partial charge in [-0.05, 0) is 22.0 Å². The Morgan fingerprint density at radius 3 is 2.83 bits per heavy atom. The summed E-state index contributed by atoms with van der Waals surface area (Å²) in [5, 5.41) is 1.82. The normalized spacial score (nSPS) is 10.9. The van der Waals surface area contributed by atoms with Crippen molar-refractivity contribution in [3.63, 3.8) is 0 Å². The van der Waals surface area contributed by atoms with E-state index in [1.54, 1.807) is 11.3 Å². The van der Waals surface area contributed by atoms with Crippen molar-refractivity contribution in [3.05, 3.63) is 27.7 Å². The topological polar surface area (TPSA) is 0 Å². The van der Waals surface area contributed by atoms with Crippen LogP contribution in [0.15, 0.2) is 26.9 Å². The van der Waals surface area contributed by atoms with E-state index in [0.29, 0.717) is 0 Å². The Kier molecular flexibility index (Phi) is 2.38. The summed E-state index contributed by atoms with van der Waals surface area (Å²) in [7, 11) is 0. The Morgan fingerprint density at radius 1 is 1.42 bits per heavy atom. The molecule has 4 heteroatoms. The highest BCUT2D eigenvalue weighted by Crippen LogP contribution is 2.40. The molecule has 0 bridgehead atoms. The van der Waals surface area contributed by atoms with Crippen molar-refractivity contribution >= 4 is 61.6 Å². The summed E-state index contributed by atoms with van der Waals surface area (Å²) in [6.45, 7) is 0. The molecule has 1 aromatic heterocycles. The van der Waals surface area contributed by atoms with E-state index in [1.165, 1.54) is 0 Å². The number of fused-ring (bicyclic) bond motifs is 1. The third-order valence-electron chi connectivity index (χ3n) is 1.59. The van der Waals surface area contributed by atoms with Gasteiger partial charge in [-0.25, -0.2) is 0 Å². The molecule has 1 aromatic carbocycles. The van der Waals surface area contributed by atoms with Gasteiger partial charge < -0.3 is 0 Å². The Balaban J connectivity index is 2.95. The van der Waals surface area contributed by atoms with E-state index in [1.807, 2.05) is 18.2 Å². The largest absolute Gasteiger partial charge is 0.131 e. The fourth-order valence-electron chi connectivity index (χ4n) is 1.04. The van der Waals surface area contributed by atoms with E-state index in [9.17, 15) is 0 Å². The lowest BCUT2D eigenvalue weighted by Gasteiger charge is -1.91. The van der Waals surface area contributed by atoms with Crippen LogP contribution >= 0.6 is 51.5 Å². The van der Waals surface area contributed by atoms with Gasteiger partial charge in [0, 0.05) is 9.86 Å². The van der Waals surface area contributed by atoms with Gasteiger partial charge in [0.15, 0.2) is 0 Å². The van der Waals surface area contributed by atoms with Crippen LogP contribution in [0.2, 0.25) is 5.02 Å². The van der Waals surface area contributed by atoms with Gasteiger partial charge in [0.25, 0.3) is 0 Å². The number of rotatable bonds is 0. The number of benzene rings is 1. The predicted octanol–water partition coefficient (Wildman–Crippen LogP) is 4.61. The average Bonchev–Trinajstić information content (AvgIpc) is 2.32. The monoisotopic (exact) mass is 278 g/mol. The first-order valence-corrected chi connectivity index (χ1v) is 5.69. The van der Waals surface area contributed by atoms with Crippen molar-refractivity contribution < 1.29 is 0 Å². The zero-order chi connectivity index (χ0) is 8.72. The van der Waals surface area contributed by atoms with Crippen molar-refractivity contribution in [2.45, 2.75) is 4.21 Å². The maximum absolute atomic E-state index is 6.03. The lowest BCUT2D eigenvalue weighted by molar-refractivity contribution is 1.75. The molecular weight excluding hydrogens is 276 g/mol. The number of hydrogen-bond acceptors (Lipinski definition) is 2. The molecule has 0 radical (unpaired) electrons. The van der Waals surface area contributed by atoms with Crippen LogP contribution in [0.1, 0.15) is 0 Å². The second-order valence-electron chi connectivity index (χ2n) is 2.34. The highest BCUT2D eigenvalue weighted by Gasteiger charge is 2.08. The fraction of sp³-hybridized carbons (Fsp3) is 0. The van der Waals surface area contributed by atoms with Gasteiger partial charge in [-0.2, -0.15) is 0 Å². The van der Waals surface area contributed by atoms with Gasteiger partial charge in [0.05, 0.1) is 13.9 Å². The molecule has 1 heterocycles. The summed E-state index contributed by atoms with van der Waals surface area (Å²) in [6, 6.07) is 5.97. The number of thiophene rings is 1. The van der Waals surface area contributed by atoms with Crippen LogP contribution in [0.5, 0.6) is 0 Å². The van der Waals surface area contributed by atoms with Crippen LogP contribution in [0.3, 0.4) is 0 Å². The molecular formula is C8H4BrClS2. The number of thiol groups is 1. The first kappa shape index (κ1) is 8.88. The molecule has 0 atom stereocenters. The molecule has 0 fully saturated rings. The van der Waals surface area contributed by atoms with E-state index >= 15 is 0 Å². The van der Waals surface area contributed by atoms with Crippen LogP contribution < -0.4 is 0 Å². The van der Waals surface area contributed by atoms with Crippen LogP contribution in [-0.4, -0.2) is 0 Å². The first-order chi connectivity index (χ1) is 5.70. The molecule has 2 aromatic rings. The molecule has 2 rings (SSSR count). The molecule has 0 nitrogen and oxygen atoms in total. The maximum atomic E-state index is 6.03. The van der Waals surface area contributed by atoms with E-state index in [0.717, 1.165) is 23.8 Å². The van der Waals surface area contributed by atoms with Crippen LogP contribution in [0, 0.1) is 0 Å². The van der Waals surface area contributed by atoms with Gasteiger partial charge in [-0.1, -0.05) is 23.7 Å². The summed E-state index contributed by atoms with van der Waals surface area (Å²) in [4.78, 5) is 0. The average molecular weight is 280 g/mol. The molecule has 0 saturated heterocycles. The SMILES string of the molecule is Sc1sc2c(Br)cccc2c1Cl. The minimum Gasteiger partial charge on any atom is -0.131 e. The molecule has 0 amide bonds. The lowest BCUT2D eigenvalue weighted by atomic mass is 10.3. The smallest absolute Gasteiger partial charge is 0.0768 e. The molecule has 0 unspecified atom stereocenters. The summed E-state index contributed by atoms with van der Waals surface area (Å²) < 4.78 is 3.11. The van der Waals surface area contributed by atoms with Crippen LogP contribution in [-0.2, 0) is 0 Å². The number of hydrogen-bond donors (Lipinski definition) is 1. The van der Waals surface area contributed by atoms with Gasteiger partial charge in [-0.15, -0.1) is 24.0 Å². The molecule has 0 N–H and O–H groups in total. The van der Waals surface area contributed by atoms with Crippen molar-refractivity contribution in [3.8, 4) is 0 Å². The molecule has 62 valence electrons. The minimum atomic E-state index is 0.750. The standard InChI is InChI=1S/C8H4BrClS2/c9-5-3-1-2-4-6(10)8(11)12-7(4)5/h1-3,11H. The summed E-state index contributed by atoms with van der Waals surface area (Å²) in [5.74, 6) is 0. The highest BCUT2D eigenvalue weighted by atomic mass is 79.9. The summed E-state index contributed by atoms with van der Waals surface area (Å²) >= 11 is 15.3. The fourth-order valence-corrected chi connectivity index (χ4v) is 3.21. The minimum absolute atomic E-state index is 0.750. The molecule has 0 aliphatic rings. The molecule has 0 aliphatic carbocycles. The first-order valence-electron chi connectivity index (χ1n) is 3.25. The van der Waals surface area contributed by atoms with Crippen molar-refractivity contribution in [1.29, 1.82) is 0 Å². The Labute approximate surface area is 93.1 Å². The van der Waals surface area contributed by atoms with Crippen molar-refractivity contribution in [2.24, 2.45) is 0 Å². The third kappa shape index (κ3) is 1.29. The molecule has 12 heavy (non-hydrogen) atoms. The van der Waals surface area contributed by atoms with E-state index in [-0.39, 0.29) is 0 Å². The summed E-state index contributed by atoms with van der Waals surface area (Å²) in [6.07, 6.45) is 0. The predicted molar refractivity (Wildman–Crippen MR) is 61.8 cm³/mol. The summed E-state index contributed by atoms with van der Waals surface area (Å²) in [5.41, 5.74) is 0. The zero-order valence-corrected chi connectivity index (χ0v) is 9.90. The van der Waals surface area contributed by atoms with Gasteiger partial charge in [0.1, 0.15) is 0 Å². The van der Waals surface area contributed by atoms with Gasteiger partial charge >= 0.3 is 0 Å². The van der Waals surface area contributed by atoms with Crippen LogP contribution in [0.25, 0.3) is 10.1 Å². The Hall–Kier alpha value is 0.300.